The van der Waals surface area contributed by atoms with Crippen LogP contribution >= 0.6 is 0 Å². The van der Waals surface area contributed by atoms with E-state index in [1.165, 1.54) is 5.56 Å². The highest BCUT2D eigenvalue weighted by Crippen LogP contribution is 2.47. The van der Waals surface area contributed by atoms with Crippen LogP contribution < -0.4 is 0 Å². The summed E-state index contributed by atoms with van der Waals surface area (Å²) in [5, 5.41) is 21.6. The van der Waals surface area contributed by atoms with Crippen LogP contribution in [-0.4, -0.2) is 10.2 Å². The minimum absolute atomic E-state index is 0.263. The molecule has 0 fully saturated rings. The van der Waals surface area contributed by atoms with Gasteiger partial charge in [0.25, 0.3) is 0 Å². The van der Waals surface area contributed by atoms with Crippen molar-refractivity contribution in [1.29, 1.82) is 0 Å². The summed E-state index contributed by atoms with van der Waals surface area (Å²) in [5.41, 5.74) is 6.51. The van der Waals surface area contributed by atoms with E-state index in [-0.39, 0.29) is 11.5 Å². The monoisotopic (exact) mass is 470 g/mol. The quantitative estimate of drug-likeness (QED) is 0.234. The molecule has 36 heavy (non-hydrogen) atoms. The first-order chi connectivity index (χ1) is 17.6. The third-order valence-electron chi connectivity index (χ3n) is 7.04. The second-order valence-corrected chi connectivity index (χ2v) is 9.22. The van der Waals surface area contributed by atoms with Gasteiger partial charge in [0.1, 0.15) is 11.5 Å². The van der Waals surface area contributed by atoms with Crippen LogP contribution in [0, 0.1) is 0 Å². The Labute approximate surface area is 213 Å². The molecule has 0 bridgehead atoms. The van der Waals surface area contributed by atoms with Crippen molar-refractivity contribution < 1.29 is 10.2 Å². The lowest BCUT2D eigenvalue weighted by molar-refractivity contribution is 0.474. The topological polar surface area (TPSA) is 40.5 Å². The molecule has 0 amide bonds. The minimum atomic E-state index is -0.468. The van der Waals surface area contributed by atoms with E-state index in [1.54, 1.807) is 0 Å². The maximum atomic E-state index is 10.8. The van der Waals surface area contributed by atoms with Gasteiger partial charge < -0.3 is 10.2 Å². The lowest BCUT2D eigenvalue weighted by Gasteiger charge is -2.37. The van der Waals surface area contributed by atoms with Crippen LogP contribution in [0.3, 0.4) is 0 Å². The number of rotatable bonds is 7. The van der Waals surface area contributed by atoms with Crippen LogP contribution in [0.1, 0.15) is 36.5 Å². The maximum Gasteiger partial charge on any atom is 0.123 e. The molecule has 5 aromatic rings. The van der Waals surface area contributed by atoms with E-state index >= 15 is 0 Å². The van der Waals surface area contributed by atoms with Crippen molar-refractivity contribution >= 4 is 0 Å². The Morgan fingerprint density at radius 1 is 0.500 bits per heavy atom. The third kappa shape index (κ3) is 4.27. The predicted molar refractivity (Wildman–Crippen MR) is 148 cm³/mol. The maximum absolute atomic E-state index is 10.8. The summed E-state index contributed by atoms with van der Waals surface area (Å²) in [4.78, 5) is 0. The van der Waals surface area contributed by atoms with Gasteiger partial charge in [-0.1, -0.05) is 116 Å². The largest absolute Gasteiger partial charge is 0.507 e. The average molecular weight is 471 g/mol. The summed E-state index contributed by atoms with van der Waals surface area (Å²) < 4.78 is 0. The van der Waals surface area contributed by atoms with Crippen LogP contribution in [0.25, 0.3) is 22.3 Å². The van der Waals surface area contributed by atoms with Crippen LogP contribution in [0.15, 0.2) is 127 Å². The van der Waals surface area contributed by atoms with Gasteiger partial charge >= 0.3 is 0 Å². The molecule has 2 heteroatoms. The van der Waals surface area contributed by atoms with Gasteiger partial charge in [-0.3, -0.25) is 0 Å². The molecule has 0 aliphatic carbocycles. The molecule has 0 saturated carbocycles. The fourth-order valence-corrected chi connectivity index (χ4v) is 5.33. The molecular formula is C34H30O2. The second kappa shape index (κ2) is 10.1. The van der Waals surface area contributed by atoms with Crippen LogP contribution in [0.4, 0.5) is 0 Å². The van der Waals surface area contributed by atoms with Crippen LogP contribution in [-0.2, 0) is 5.41 Å². The molecule has 0 aliphatic heterocycles. The van der Waals surface area contributed by atoms with E-state index in [0.29, 0.717) is 0 Å². The normalized spacial score (nSPS) is 11.4. The molecule has 5 aromatic carbocycles. The first kappa shape index (κ1) is 23.4. The molecule has 0 aromatic heterocycles. The highest BCUT2D eigenvalue weighted by atomic mass is 16.3. The Hall–Kier alpha value is -4.30. The fraction of sp³-hybridized carbons (Fsp3) is 0.118. The highest BCUT2D eigenvalue weighted by molar-refractivity contribution is 5.74. The van der Waals surface area contributed by atoms with Crippen molar-refractivity contribution in [3.05, 3.63) is 144 Å². The number of hydrogen-bond acceptors (Lipinski definition) is 2. The summed E-state index contributed by atoms with van der Waals surface area (Å²) in [7, 11) is 0. The molecule has 0 unspecified atom stereocenters. The Balaban J connectivity index is 1.80. The number of benzene rings is 5. The standard InChI is InChI=1S/C34H30O2/c1-2-22-34(27-16-10-5-11-17-27,28-18-20-32(35)30(23-28)25-12-6-3-7-13-25)29-19-21-33(36)31(24-29)26-14-8-4-9-15-26/h3-21,23-24,35-36H,2,22H2,1H3. The molecule has 5 rings (SSSR count). The molecule has 2 N–H and O–H groups in total. The van der Waals surface area contributed by atoms with Gasteiger partial charge in [-0.2, -0.15) is 0 Å². The molecule has 0 saturated heterocycles. The molecule has 2 nitrogen and oxygen atoms in total. The van der Waals surface area contributed by atoms with Gasteiger partial charge in [-0.25, -0.2) is 0 Å². The van der Waals surface area contributed by atoms with Crippen molar-refractivity contribution in [2.24, 2.45) is 0 Å². The van der Waals surface area contributed by atoms with E-state index in [0.717, 1.165) is 46.2 Å². The lowest BCUT2D eigenvalue weighted by atomic mass is 9.66. The van der Waals surface area contributed by atoms with E-state index in [9.17, 15) is 10.2 Å². The molecule has 0 heterocycles. The number of aromatic hydroxyl groups is 2. The summed E-state index contributed by atoms with van der Waals surface area (Å²) in [6.45, 7) is 2.20. The smallest absolute Gasteiger partial charge is 0.123 e. The summed E-state index contributed by atoms with van der Waals surface area (Å²) in [5.74, 6) is 0.526. The Kier molecular flexibility index (Phi) is 6.60. The van der Waals surface area contributed by atoms with Crippen molar-refractivity contribution in [3.63, 3.8) is 0 Å². The molecule has 0 spiro atoms. The van der Waals surface area contributed by atoms with E-state index in [4.69, 9.17) is 0 Å². The SMILES string of the molecule is CCCC(c1ccccc1)(c1ccc(O)c(-c2ccccc2)c1)c1ccc(O)c(-c2ccccc2)c1. The van der Waals surface area contributed by atoms with Crippen molar-refractivity contribution in [1.82, 2.24) is 0 Å². The van der Waals surface area contributed by atoms with Crippen molar-refractivity contribution in [3.8, 4) is 33.8 Å². The zero-order chi connectivity index (χ0) is 25.0. The van der Waals surface area contributed by atoms with Crippen LogP contribution in [0.2, 0.25) is 0 Å². The molecule has 0 radical (unpaired) electrons. The summed E-state index contributed by atoms with van der Waals surface area (Å²) >= 11 is 0. The zero-order valence-electron chi connectivity index (χ0n) is 20.4. The number of hydrogen-bond donors (Lipinski definition) is 2. The third-order valence-corrected chi connectivity index (χ3v) is 7.04. The summed E-state index contributed by atoms with van der Waals surface area (Å²) in [6.07, 6.45) is 1.83. The van der Waals surface area contributed by atoms with E-state index in [1.807, 2.05) is 91.0 Å². The second-order valence-electron chi connectivity index (χ2n) is 9.22. The molecule has 178 valence electrons. The Bertz CT molecular complexity index is 1350. The molecule has 0 aliphatic rings. The van der Waals surface area contributed by atoms with Crippen molar-refractivity contribution in [2.75, 3.05) is 0 Å². The van der Waals surface area contributed by atoms with E-state index < -0.39 is 5.41 Å². The Morgan fingerprint density at radius 3 is 1.33 bits per heavy atom. The zero-order valence-corrected chi connectivity index (χ0v) is 20.4. The Morgan fingerprint density at radius 2 is 0.917 bits per heavy atom. The van der Waals surface area contributed by atoms with Crippen molar-refractivity contribution in [2.45, 2.75) is 25.2 Å². The van der Waals surface area contributed by atoms with Crippen LogP contribution in [0.5, 0.6) is 11.5 Å². The number of phenols is 2. The van der Waals surface area contributed by atoms with Gasteiger partial charge in [0.15, 0.2) is 0 Å². The first-order valence-corrected chi connectivity index (χ1v) is 12.5. The summed E-state index contributed by atoms with van der Waals surface area (Å²) in [6, 6.07) is 42.5. The van der Waals surface area contributed by atoms with Gasteiger partial charge in [-0.15, -0.1) is 0 Å². The molecular weight excluding hydrogens is 440 g/mol. The molecule has 0 atom stereocenters. The lowest BCUT2D eigenvalue weighted by Crippen LogP contribution is -2.29. The van der Waals surface area contributed by atoms with Gasteiger partial charge in [0.2, 0.25) is 0 Å². The van der Waals surface area contributed by atoms with Gasteiger partial charge in [-0.05, 0) is 58.5 Å². The predicted octanol–water partition coefficient (Wildman–Crippen LogP) is 8.57. The van der Waals surface area contributed by atoms with Gasteiger partial charge in [0, 0.05) is 16.5 Å². The van der Waals surface area contributed by atoms with E-state index in [2.05, 4.69) is 43.3 Å². The highest BCUT2D eigenvalue weighted by Gasteiger charge is 2.36. The average Bonchev–Trinajstić information content (AvgIpc) is 2.94. The number of phenolic OH excluding ortho intramolecular Hbond substituents is 2. The minimum Gasteiger partial charge on any atom is -0.507 e. The van der Waals surface area contributed by atoms with Gasteiger partial charge in [0.05, 0.1) is 0 Å². The first-order valence-electron chi connectivity index (χ1n) is 12.5. The fourth-order valence-electron chi connectivity index (χ4n) is 5.33.